The highest BCUT2D eigenvalue weighted by atomic mass is 79.9. The van der Waals surface area contributed by atoms with Crippen LogP contribution in [-0.4, -0.2) is 19.5 Å². The summed E-state index contributed by atoms with van der Waals surface area (Å²) >= 11 is 3.34. The Morgan fingerprint density at radius 3 is 2.29 bits per heavy atom. The zero-order valence-corrected chi connectivity index (χ0v) is 16.1. The largest absolute Gasteiger partial charge is 0.490 e. The van der Waals surface area contributed by atoms with Gasteiger partial charge in [-0.2, -0.15) is 0 Å². The van der Waals surface area contributed by atoms with Crippen LogP contribution in [0.2, 0.25) is 0 Å². The van der Waals surface area contributed by atoms with E-state index >= 15 is 0 Å². The molecule has 0 aliphatic carbocycles. The van der Waals surface area contributed by atoms with E-state index in [4.69, 9.17) is 9.47 Å². The lowest BCUT2D eigenvalue weighted by molar-refractivity contribution is 0.111. The molecule has 0 saturated carbocycles. The fraction of sp³-hybridized carbons (Fsp3) is 0.350. The van der Waals surface area contributed by atoms with Gasteiger partial charge in [0.05, 0.1) is 5.56 Å². The summed E-state index contributed by atoms with van der Waals surface area (Å²) in [6.45, 7) is 9.34. The van der Waals surface area contributed by atoms with Gasteiger partial charge in [0, 0.05) is 4.47 Å². The van der Waals surface area contributed by atoms with Crippen molar-refractivity contribution in [1.29, 1.82) is 0 Å². The number of carbonyl (C=O) groups excluding carboxylic acids is 1. The number of hydrogen-bond donors (Lipinski definition) is 0. The maximum atomic E-state index is 11.1. The molecule has 0 saturated heterocycles. The average Bonchev–Trinajstić information content (AvgIpc) is 2.51. The van der Waals surface area contributed by atoms with Crippen LogP contribution in [0.15, 0.2) is 40.9 Å². The Balaban J connectivity index is 2.00. The summed E-state index contributed by atoms with van der Waals surface area (Å²) in [5.41, 5.74) is 2.87. The Hall–Kier alpha value is -1.81. The van der Waals surface area contributed by atoms with Crippen LogP contribution in [0.1, 0.15) is 42.3 Å². The molecular weight excluding hydrogens is 368 g/mol. The van der Waals surface area contributed by atoms with Gasteiger partial charge in [0.2, 0.25) is 0 Å². The third kappa shape index (κ3) is 4.84. The number of rotatable bonds is 6. The molecule has 2 aromatic rings. The fourth-order valence-corrected chi connectivity index (χ4v) is 2.79. The Morgan fingerprint density at radius 1 is 1.00 bits per heavy atom. The maximum Gasteiger partial charge on any atom is 0.153 e. The zero-order chi connectivity index (χ0) is 17.7. The molecule has 0 aliphatic heterocycles. The Morgan fingerprint density at radius 2 is 1.67 bits per heavy atom. The monoisotopic (exact) mass is 390 g/mol. The molecule has 4 heteroatoms. The van der Waals surface area contributed by atoms with Crippen LogP contribution >= 0.6 is 15.9 Å². The van der Waals surface area contributed by atoms with Crippen molar-refractivity contribution in [1.82, 2.24) is 0 Å². The molecule has 128 valence electrons. The predicted molar refractivity (Wildman–Crippen MR) is 100 cm³/mol. The van der Waals surface area contributed by atoms with Crippen molar-refractivity contribution in [3.8, 4) is 11.5 Å². The lowest BCUT2D eigenvalue weighted by Crippen LogP contribution is -2.16. The van der Waals surface area contributed by atoms with Crippen LogP contribution in [0.3, 0.4) is 0 Å². The number of aldehydes is 1. The molecule has 0 spiro atoms. The summed E-state index contributed by atoms with van der Waals surface area (Å²) < 4.78 is 12.5. The summed E-state index contributed by atoms with van der Waals surface area (Å²) in [5.74, 6) is 1.45. The van der Waals surface area contributed by atoms with Crippen molar-refractivity contribution in [3.05, 3.63) is 57.6 Å². The van der Waals surface area contributed by atoms with Gasteiger partial charge in [0.25, 0.3) is 0 Å². The number of ether oxygens (including phenoxy) is 2. The lowest BCUT2D eigenvalue weighted by Gasteiger charge is -2.23. The van der Waals surface area contributed by atoms with Crippen molar-refractivity contribution in [2.45, 2.75) is 33.1 Å². The molecule has 2 rings (SSSR count). The number of aryl methyl sites for hydroxylation is 1. The smallest absolute Gasteiger partial charge is 0.153 e. The first-order valence-corrected chi connectivity index (χ1v) is 8.72. The number of carbonyl (C=O) groups is 1. The third-order valence-corrected chi connectivity index (χ3v) is 4.14. The molecule has 0 radical (unpaired) electrons. The fourth-order valence-electron chi connectivity index (χ4n) is 2.41. The van der Waals surface area contributed by atoms with Crippen molar-refractivity contribution in [3.63, 3.8) is 0 Å². The van der Waals surface area contributed by atoms with E-state index < -0.39 is 0 Å². The molecule has 0 aromatic heterocycles. The van der Waals surface area contributed by atoms with E-state index in [-0.39, 0.29) is 5.41 Å². The second-order valence-corrected chi connectivity index (χ2v) is 7.66. The molecule has 3 nitrogen and oxygen atoms in total. The van der Waals surface area contributed by atoms with E-state index in [2.05, 4.69) is 54.9 Å². The molecule has 2 aromatic carbocycles. The summed E-state index contributed by atoms with van der Waals surface area (Å²) in [6.07, 6.45) is 0.791. The van der Waals surface area contributed by atoms with Gasteiger partial charge in [-0.3, -0.25) is 4.79 Å². The summed E-state index contributed by atoms with van der Waals surface area (Å²) in [6, 6.07) is 11.6. The first-order chi connectivity index (χ1) is 11.3. The maximum absolute atomic E-state index is 11.1. The molecule has 0 atom stereocenters. The van der Waals surface area contributed by atoms with Gasteiger partial charge in [0.1, 0.15) is 24.7 Å². The summed E-state index contributed by atoms with van der Waals surface area (Å²) in [7, 11) is 0. The summed E-state index contributed by atoms with van der Waals surface area (Å²) in [4.78, 5) is 11.1. The van der Waals surface area contributed by atoms with E-state index in [1.807, 2.05) is 13.0 Å². The highest BCUT2D eigenvalue weighted by Gasteiger charge is 2.19. The average molecular weight is 391 g/mol. The van der Waals surface area contributed by atoms with Gasteiger partial charge in [-0.1, -0.05) is 48.8 Å². The van der Waals surface area contributed by atoms with Crippen LogP contribution in [0, 0.1) is 6.92 Å². The third-order valence-electron chi connectivity index (χ3n) is 3.64. The van der Waals surface area contributed by atoms with Gasteiger partial charge in [-0.25, -0.2) is 0 Å². The zero-order valence-electron chi connectivity index (χ0n) is 14.6. The van der Waals surface area contributed by atoms with Crippen LogP contribution in [0.25, 0.3) is 0 Å². The van der Waals surface area contributed by atoms with E-state index in [0.29, 0.717) is 24.5 Å². The lowest BCUT2D eigenvalue weighted by atomic mass is 9.86. The minimum absolute atomic E-state index is 0.0142. The molecule has 0 aliphatic rings. The predicted octanol–water partition coefficient (Wildman–Crippen LogP) is 5.33. The van der Waals surface area contributed by atoms with E-state index in [0.717, 1.165) is 22.1 Å². The minimum Gasteiger partial charge on any atom is -0.490 e. The SMILES string of the molecule is Cc1ccc(C(C)(C)C)c(OCCOc2ccc(Br)cc2C=O)c1. The first-order valence-electron chi connectivity index (χ1n) is 7.93. The van der Waals surface area contributed by atoms with E-state index in [1.165, 1.54) is 5.56 Å². The molecular formula is C20H23BrO3. The van der Waals surface area contributed by atoms with Gasteiger partial charge in [-0.05, 0) is 47.7 Å². The van der Waals surface area contributed by atoms with Crippen molar-refractivity contribution in [2.24, 2.45) is 0 Å². The van der Waals surface area contributed by atoms with Crippen LogP contribution < -0.4 is 9.47 Å². The molecule has 0 heterocycles. The van der Waals surface area contributed by atoms with Crippen LogP contribution in [-0.2, 0) is 5.41 Å². The number of halogens is 1. The second-order valence-electron chi connectivity index (χ2n) is 6.75. The van der Waals surface area contributed by atoms with Crippen molar-refractivity contribution in [2.75, 3.05) is 13.2 Å². The Bertz CT molecular complexity index is 717. The molecule has 0 amide bonds. The second kappa shape index (κ2) is 7.84. The topological polar surface area (TPSA) is 35.5 Å². The highest BCUT2D eigenvalue weighted by molar-refractivity contribution is 9.10. The number of benzene rings is 2. The normalized spacial score (nSPS) is 11.2. The molecule has 0 unspecified atom stereocenters. The molecule has 0 bridgehead atoms. The molecule has 0 N–H and O–H groups in total. The van der Waals surface area contributed by atoms with Gasteiger partial charge >= 0.3 is 0 Å². The van der Waals surface area contributed by atoms with Gasteiger partial charge in [0.15, 0.2) is 6.29 Å². The van der Waals surface area contributed by atoms with E-state index in [9.17, 15) is 4.79 Å². The molecule has 24 heavy (non-hydrogen) atoms. The Labute approximate surface area is 152 Å². The minimum atomic E-state index is 0.0142. The van der Waals surface area contributed by atoms with Crippen molar-refractivity contribution < 1.29 is 14.3 Å². The van der Waals surface area contributed by atoms with Crippen LogP contribution in [0.5, 0.6) is 11.5 Å². The van der Waals surface area contributed by atoms with Gasteiger partial charge < -0.3 is 9.47 Å². The van der Waals surface area contributed by atoms with Crippen molar-refractivity contribution >= 4 is 22.2 Å². The van der Waals surface area contributed by atoms with E-state index in [1.54, 1.807) is 12.1 Å². The van der Waals surface area contributed by atoms with Gasteiger partial charge in [-0.15, -0.1) is 0 Å². The standard InChI is InChI=1S/C20H23BrO3/c1-14-5-7-17(20(2,3)4)19(11-14)24-10-9-23-18-8-6-16(21)12-15(18)13-22/h5-8,11-13H,9-10H2,1-4H3. The van der Waals surface area contributed by atoms with Crippen LogP contribution in [0.4, 0.5) is 0 Å². The quantitative estimate of drug-likeness (QED) is 0.494. The highest BCUT2D eigenvalue weighted by Crippen LogP contribution is 2.32. The first kappa shape index (κ1) is 18.5. The Kier molecular flexibility index (Phi) is 6.05. The summed E-state index contributed by atoms with van der Waals surface area (Å²) in [5, 5.41) is 0. The molecule has 0 fully saturated rings. The number of hydrogen-bond acceptors (Lipinski definition) is 3.